The van der Waals surface area contributed by atoms with Crippen molar-refractivity contribution in [3.8, 4) is 16.9 Å². The topological polar surface area (TPSA) is 20.2 Å². The molecule has 0 saturated carbocycles. The van der Waals surface area contributed by atoms with Crippen molar-refractivity contribution in [3.63, 3.8) is 0 Å². The second-order valence-corrected chi connectivity index (χ2v) is 6.51. The molecule has 0 aliphatic rings. The minimum Gasteiger partial charge on any atom is -0.508 e. The molecule has 0 unspecified atom stereocenters. The molecule has 0 atom stereocenters. The van der Waals surface area contributed by atoms with Crippen LogP contribution in [0.1, 0.15) is 0 Å². The maximum atomic E-state index is 9.73. The van der Waals surface area contributed by atoms with Crippen LogP contribution in [0, 0.1) is 0 Å². The lowest BCUT2D eigenvalue weighted by Crippen LogP contribution is -1.81. The molecule has 0 fully saturated rings. The lowest BCUT2D eigenvalue weighted by Gasteiger charge is -2.08. The molecule has 0 spiro atoms. The molecule has 5 rings (SSSR count). The zero-order valence-electron chi connectivity index (χ0n) is 13.6. The summed E-state index contributed by atoms with van der Waals surface area (Å²) in [5.41, 5.74) is 2.35. The number of hydrogen-bond acceptors (Lipinski definition) is 1. The van der Waals surface area contributed by atoms with Crippen molar-refractivity contribution in [3.05, 3.63) is 91.0 Å². The molecule has 0 saturated heterocycles. The van der Waals surface area contributed by atoms with Gasteiger partial charge in [-0.2, -0.15) is 0 Å². The largest absolute Gasteiger partial charge is 0.508 e. The summed E-state index contributed by atoms with van der Waals surface area (Å²) in [6.45, 7) is 0. The molecular formula is C24H16O. The van der Waals surface area contributed by atoms with Crippen molar-refractivity contribution in [2.45, 2.75) is 0 Å². The SMILES string of the molecule is Oc1ccc2ccc(-c3ccc4cc5ccccc5cc4c3)cc2c1. The Bertz CT molecular complexity index is 1250. The molecule has 5 aromatic carbocycles. The van der Waals surface area contributed by atoms with E-state index >= 15 is 0 Å². The highest BCUT2D eigenvalue weighted by Crippen LogP contribution is 2.30. The summed E-state index contributed by atoms with van der Waals surface area (Å²) in [5, 5.41) is 16.9. The summed E-state index contributed by atoms with van der Waals surface area (Å²) >= 11 is 0. The Balaban J connectivity index is 1.70. The molecule has 118 valence electrons. The molecule has 25 heavy (non-hydrogen) atoms. The van der Waals surface area contributed by atoms with Crippen LogP contribution in [-0.4, -0.2) is 5.11 Å². The monoisotopic (exact) mass is 320 g/mol. The van der Waals surface area contributed by atoms with E-state index in [4.69, 9.17) is 0 Å². The number of phenols is 1. The molecule has 0 amide bonds. The van der Waals surface area contributed by atoms with E-state index in [2.05, 4.69) is 72.8 Å². The molecule has 0 bridgehead atoms. The summed E-state index contributed by atoms with van der Waals surface area (Å²) in [7, 11) is 0. The summed E-state index contributed by atoms with van der Waals surface area (Å²) in [5.74, 6) is 0.301. The zero-order chi connectivity index (χ0) is 16.8. The third-order valence-electron chi connectivity index (χ3n) is 4.86. The van der Waals surface area contributed by atoms with Crippen LogP contribution in [-0.2, 0) is 0 Å². The van der Waals surface area contributed by atoms with Crippen molar-refractivity contribution >= 4 is 32.3 Å². The fourth-order valence-corrected chi connectivity index (χ4v) is 3.53. The second-order valence-electron chi connectivity index (χ2n) is 6.51. The first-order chi connectivity index (χ1) is 12.3. The van der Waals surface area contributed by atoms with E-state index in [0.29, 0.717) is 5.75 Å². The van der Waals surface area contributed by atoms with E-state index in [1.54, 1.807) is 6.07 Å². The number of benzene rings is 5. The molecule has 1 N–H and O–H groups in total. The smallest absolute Gasteiger partial charge is 0.116 e. The molecule has 1 heteroatoms. The van der Waals surface area contributed by atoms with Gasteiger partial charge in [-0.25, -0.2) is 0 Å². The molecule has 0 aromatic heterocycles. The van der Waals surface area contributed by atoms with Gasteiger partial charge in [-0.05, 0) is 79.8 Å². The molecule has 0 aliphatic carbocycles. The van der Waals surface area contributed by atoms with Crippen LogP contribution in [0.25, 0.3) is 43.4 Å². The number of rotatable bonds is 1. The second kappa shape index (κ2) is 5.35. The maximum absolute atomic E-state index is 9.73. The zero-order valence-corrected chi connectivity index (χ0v) is 13.6. The van der Waals surface area contributed by atoms with Crippen LogP contribution in [0.4, 0.5) is 0 Å². The van der Waals surface area contributed by atoms with Crippen molar-refractivity contribution in [1.82, 2.24) is 0 Å². The standard InChI is InChI=1S/C24H16O/c25-24-10-9-16-5-6-19(14-23(16)15-24)20-7-8-21-11-17-3-1-2-4-18(17)12-22(21)13-20/h1-15,25H. The van der Waals surface area contributed by atoms with E-state index in [-0.39, 0.29) is 0 Å². The number of phenolic OH excluding ortho intramolecular Hbond substituents is 1. The Morgan fingerprint density at radius 3 is 1.64 bits per heavy atom. The highest BCUT2D eigenvalue weighted by molar-refractivity contribution is 6.00. The predicted octanol–water partition coefficient (Wildman–Crippen LogP) is 6.52. The molecule has 0 radical (unpaired) electrons. The van der Waals surface area contributed by atoms with Gasteiger partial charge in [-0.3, -0.25) is 0 Å². The molecule has 0 heterocycles. The predicted molar refractivity (Wildman–Crippen MR) is 106 cm³/mol. The third kappa shape index (κ3) is 2.41. The summed E-state index contributed by atoms with van der Waals surface area (Å²) in [4.78, 5) is 0. The van der Waals surface area contributed by atoms with Gasteiger partial charge in [0.25, 0.3) is 0 Å². The number of fused-ring (bicyclic) bond motifs is 3. The van der Waals surface area contributed by atoms with Crippen LogP contribution >= 0.6 is 0 Å². The van der Waals surface area contributed by atoms with Crippen LogP contribution in [0.3, 0.4) is 0 Å². The molecule has 0 aliphatic heterocycles. The first-order valence-corrected chi connectivity index (χ1v) is 8.42. The van der Waals surface area contributed by atoms with E-state index in [9.17, 15) is 5.11 Å². The van der Waals surface area contributed by atoms with Gasteiger partial charge in [0, 0.05) is 0 Å². The van der Waals surface area contributed by atoms with Crippen molar-refractivity contribution < 1.29 is 5.11 Å². The summed E-state index contributed by atoms with van der Waals surface area (Å²) in [6.07, 6.45) is 0. The van der Waals surface area contributed by atoms with Crippen molar-refractivity contribution in [2.24, 2.45) is 0 Å². The van der Waals surface area contributed by atoms with Gasteiger partial charge >= 0.3 is 0 Å². The van der Waals surface area contributed by atoms with Crippen molar-refractivity contribution in [1.29, 1.82) is 0 Å². The molecular weight excluding hydrogens is 304 g/mol. The van der Waals surface area contributed by atoms with E-state index < -0.39 is 0 Å². The van der Waals surface area contributed by atoms with Crippen LogP contribution in [0.2, 0.25) is 0 Å². The van der Waals surface area contributed by atoms with Gasteiger partial charge < -0.3 is 5.11 Å². The average Bonchev–Trinajstić information content (AvgIpc) is 2.65. The normalized spacial score (nSPS) is 11.4. The van der Waals surface area contributed by atoms with Gasteiger partial charge in [0.2, 0.25) is 0 Å². The fraction of sp³-hybridized carbons (Fsp3) is 0. The molecule has 5 aromatic rings. The average molecular weight is 320 g/mol. The lowest BCUT2D eigenvalue weighted by molar-refractivity contribution is 0.476. The highest BCUT2D eigenvalue weighted by atomic mass is 16.3. The highest BCUT2D eigenvalue weighted by Gasteiger charge is 2.04. The Kier molecular flexibility index (Phi) is 3.01. The first-order valence-electron chi connectivity index (χ1n) is 8.42. The first kappa shape index (κ1) is 14.1. The van der Waals surface area contributed by atoms with Crippen LogP contribution < -0.4 is 0 Å². The Hall–Kier alpha value is -3.32. The van der Waals surface area contributed by atoms with Crippen LogP contribution in [0.15, 0.2) is 91.0 Å². The number of aromatic hydroxyl groups is 1. The lowest BCUT2D eigenvalue weighted by atomic mass is 9.97. The fourth-order valence-electron chi connectivity index (χ4n) is 3.53. The van der Waals surface area contributed by atoms with Crippen LogP contribution in [0.5, 0.6) is 5.75 Å². The Labute approximate surface area is 145 Å². The van der Waals surface area contributed by atoms with Crippen molar-refractivity contribution in [2.75, 3.05) is 0 Å². The minimum atomic E-state index is 0.301. The maximum Gasteiger partial charge on any atom is 0.116 e. The summed E-state index contributed by atoms with van der Waals surface area (Å²) in [6, 6.07) is 31.4. The third-order valence-corrected chi connectivity index (χ3v) is 4.86. The van der Waals surface area contributed by atoms with E-state index in [1.807, 2.05) is 12.1 Å². The van der Waals surface area contributed by atoms with Gasteiger partial charge in [-0.1, -0.05) is 54.6 Å². The minimum absolute atomic E-state index is 0.301. The van der Waals surface area contributed by atoms with Gasteiger partial charge in [-0.15, -0.1) is 0 Å². The Morgan fingerprint density at radius 2 is 0.920 bits per heavy atom. The summed E-state index contributed by atoms with van der Waals surface area (Å²) < 4.78 is 0. The number of hydrogen-bond donors (Lipinski definition) is 1. The van der Waals surface area contributed by atoms with E-state index in [1.165, 1.54) is 27.1 Å². The van der Waals surface area contributed by atoms with Gasteiger partial charge in [0.05, 0.1) is 0 Å². The van der Waals surface area contributed by atoms with Gasteiger partial charge in [0.1, 0.15) is 5.75 Å². The quantitative estimate of drug-likeness (QED) is 0.349. The van der Waals surface area contributed by atoms with E-state index in [0.717, 1.165) is 16.3 Å². The Morgan fingerprint density at radius 1 is 0.400 bits per heavy atom. The van der Waals surface area contributed by atoms with Gasteiger partial charge in [0.15, 0.2) is 0 Å². The molecule has 1 nitrogen and oxygen atoms in total.